The molecule has 14 rings (SSSR count). The summed E-state index contributed by atoms with van der Waals surface area (Å²) in [6.07, 6.45) is 0. The third kappa shape index (κ3) is 4.37. The molecule has 62 heavy (non-hydrogen) atoms. The van der Waals surface area contributed by atoms with Gasteiger partial charge < -0.3 is 4.42 Å². The lowest BCUT2D eigenvalue weighted by atomic mass is 9.70. The lowest BCUT2D eigenvalue weighted by Crippen LogP contribution is -2.25. The predicted molar refractivity (Wildman–Crippen MR) is 252 cm³/mol. The molecule has 12 aromatic rings. The van der Waals surface area contributed by atoms with Crippen molar-refractivity contribution in [2.24, 2.45) is 0 Å². The average molecular weight is 788 g/mol. The molecule has 1 spiro atoms. The molecule has 0 saturated carbocycles. The minimum Gasteiger partial charge on any atom is -0.456 e. The van der Waals surface area contributed by atoms with Gasteiger partial charge in [0.05, 0.1) is 5.41 Å². The van der Waals surface area contributed by atoms with Crippen molar-refractivity contribution in [3.05, 3.63) is 222 Å². The molecule has 0 unspecified atom stereocenters. The highest BCUT2D eigenvalue weighted by atomic mass is 16.3. The highest BCUT2D eigenvalue weighted by Crippen LogP contribution is 2.63. The molecule has 4 heteroatoms. The van der Waals surface area contributed by atoms with Crippen LogP contribution in [0.25, 0.3) is 111 Å². The van der Waals surface area contributed by atoms with E-state index in [0.29, 0.717) is 17.5 Å². The Morgan fingerprint density at radius 2 is 0.758 bits per heavy atom. The first-order valence-electron chi connectivity index (χ1n) is 21.2. The Labute approximate surface area is 356 Å². The van der Waals surface area contributed by atoms with E-state index >= 15 is 0 Å². The third-order valence-corrected chi connectivity index (χ3v) is 13.5. The van der Waals surface area contributed by atoms with Gasteiger partial charge in [0.1, 0.15) is 11.2 Å². The van der Waals surface area contributed by atoms with Gasteiger partial charge in [0.15, 0.2) is 17.5 Å². The first kappa shape index (κ1) is 33.6. The molecule has 0 radical (unpaired) electrons. The normalized spacial score (nSPS) is 13.3. The fraction of sp³-hybridized carbons (Fsp3) is 0.0172. The van der Waals surface area contributed by atoms with Crippen LogP contribution in [0.4, 0.5) is 0 Å². The molecule has 2 heterocycles. The molecule has 286 valence electrons. The van der Waals surface area contributed by atoms with Gasteiger partial charge in [0, 0.05) is 27.5 Å². The third-order valence-electron chi connectivity index (χ3n) is 13.5. The quantitative estimate of drug-likeness (QED) is 0.167. The van der Waals surface area contributed by atoms with Gasteiger partial charge in [-0.2, -0.15) is 0 Å². The summed E-state index contributed by atoms with van der Waals surface area (Å²) in [5.74, 6) is 1.84. The van der Waals surface area contributed by atoms with Gasteiger partial charge in [-0.05, 0) is 95.0 Å². The highest BCUT2D eigenvalue weighted by Gasteiger charge is 2.52. The van der Waals surface area contributed by atoms with Crippen LogP contribution in [0, 0.1) is 0 Å². The van der Waals surface area contributed by atoms with E-state index in [1.54, 1.807) is 0 Å². The molecule has 0 N–H and O–H groups in total. The van der Waals surface area contributed by atoms with E-state index in [2.05, 4.69) is 176 Å². The van der Waals surface area contributed by atoms with E-state index in [0.717, 1.165) is 44.2 Å². The van der Waals surface area contributed by atoms with Crippen molar-refractivity contribution in [3.63, 3.8) is 0 Å². The molecule has 2 aliphatic rings. The standard InChI is InChI=1S/C58H33N3O/c1-2-17-37-35(15-1)36-16-3-4-18-38(36)46-33-34(31-32-39(37)46)55-59-56(61-57(60-55)45-24-14-30-52-54(45)43-22-8-12-29-51(43)62-52)44-23-13-28-50-53(44)42-21-7-11-27-49(42)58(50)47-25-9-5-19-40(47)41-20-6-10-26-48(41)58/h1-33H. The monoisotopic (exact) mass is 787 g/mol. The van der Waals surface area contributed by atoms with Crippen molar-refractivity contribution >= 4 is 54.3 Å². The molecule has 4 nitrogen and oxygen atoms in total. The van der Waals surface area contributed by atoms with Crippen molar-refractivity contribution in [1.82, 2.24) is 15.0 Å². The Morgan fingerprint density at radius 1 is 0.306 bits per heavy atom. The summed E-state index contributed by atoms with van der Waals surface area (Å²) < 4.78 is 6.41. The Kier molecular flexibility index (Phi) is 6.73. The van der Waals surface area contributed by atoms with Crippen LogP contribution in [-0.2, 0) is 5.41 Å². The molecule has 0 amide bonds. The number of aromatic nitrogens is 3. The van der Waals surface area contributed by atoms with Crippen molar-refractivity contribution in [3.8, 4) is 56.4 Å². The van der Waals surface area contributed by atoms with E-state index in [1.807, 2.05) is 24.3 Å². The van der Waals surface area contributed by atoms with Gasteiger partial charge in [-0.15, -0.1) is 0 Å². The van der Waals surface area contributed by atoms with Crippen LogP contribution in [-0.4, -0.2) is 15.0 Å². The fourth-order valence-corrected chi connectivity index (χ4v) is 11.1. The van der Waals surface area contributed by atoms with Gasteiger partial charge in [-0.3, -0.25) is 0 Å². The van der Waals surface area contributed by atoms with Gasteiger partial charge in [0.25, 0.3) is 0 Å². The highest BCUT2D eigenvalue weighted by molar-refractivity contribution is 6.25. The second kappa shape index (κ2) is 12.4. The first-order chi connectivity index (χ1) is 30.8. The minimum atomic E-state index is -0.489. The van der Waals surface area contributed by atoms with Crippen LogP contribution in [0.15, 0.2) is 205 Å². The van der Waals surface area contributed by atoms with Crippen molar-refractivity contribution in [1.29, 1.82) is 0 Å². The van der Waals surface area contributed by atoms with E-state index in [1.165, 1.54) is 71.3 Å². The van der Waals surface area contributed by atoms with Gasteiger partial charge >= 0.3 is 0 Å². The van der Waals surface area contributed by atoms with E-state index in [-0.39, 0.29) is 0 Å². The van der Waals surface area contributed by atoms with E-state index in [9.17, 15) is 0 Å². The Morgan fingerprint density at radius 3 is 1.45 bits per heavy atom. The van der Waals surface area contributed by atoms with Crippen molar-refractivity contribution in [2.75, 3.05) is 0 Å². The lowest BCUT2D eigenvalue weighted by molar-refractivity contribution is 0.669. The summed E-state index contributed by atoms with van der Waals surface area (Å²) in [4.78, 5) is 16.4. The van der Waals surface area contributed by atoms with Crippen LogP contribution in [0.5, 0.6) is 0 Å². The maximum Gasteiger partial charge on any atom is 0.164 e. The zero-order chi connectivity index (χ0) is 40.5. The van der Waals surface area contributed by atoms with E-state index in [4.69, 9.17) is 19.4 Å². The fourth-order valence-electron chi connectivity index (χ4n) is 11.1. The van der Waals surface area contributed by atoms with Gasteiger partial charge in [0.2, 0.25) is 0 Å². The van der Waals surface area contributed by atoms with Crippen LogP contribution in [0.2, 0.25) is 0 Å². The largest absolute Gasteiger partial charge is 0.456 e. The Bertz CT molecular complexity index is 3820. The second-order valence-corrected chi connectivity index (χ2v) is 16.5. The molecule has 0 atom stereocenters. The molecular weight excluding hydrogens is 755 g/mol. The van der Waals surface area contributed by atoms with Crippen LogP contribution in [0.3, 0.4) is 0 Å². The zero-order valence-electron chi connectivity index (χ0n) is 33.3. The SMILES string of the molecule is c1ccc2c(c1)-c1ccccc1C21c2ccccc2-c2c(-c3nc(-c4ccc5c6ccccc6c6ccccc6c5c4)nc(-c4cccc5oc6ccccc6c45)n3)cccc21. The van der Waals surface area contributed by atoms with Gasteiger partial charge in [-0.25, -0.2) is 15.0 Å². The number of hydrogen-bond donors (Lipinski definition) is 0. The first-order valence-corrected chi connectivity index (χ1v) is 21.2. The molecule has 2 aliphatic carbocycles. The van der Waals surface area contributed by atoms with Gasteiger partial charge in [-0.1, -0.05) is 182 Å². The Balaban J connectivity index is 1.07. The smallest absolute Gasteiger partial charge is 0.164 e. The number of furan rings is 1. The number of rotatable bonds is 3. The topological polar surface area (TPSA) is 51.8 Å². The molecule has 0 fully saturated rings. The minimum absolute atomic E-state index is 0.489. The summed E-state index contributed by atoms with van der Waals surface area (Å²) >= 11 is 0. The molecule has 2 aromatic heterocycles. The summed E-state index contributed by atoms with van der Waals surface area (Å²) in [7, 11) is 0. The summed E-state index contributed by atoms with van der Waals surface area (Å²) in [6, 6.07) is 71.9. The maximum atomic E-state index is 6.41. The second-order valence-electron chi connectivity index (χ2n) is 16.5. The molecule has 0 saturated heterocycles. The number of para-hydroxylation sites is 1. The Hall–Kier alpha value is -8.21. The predicted octanol–water partition coefficient (Wildman–Crippen LogP) is 14.6. The van der Waals surface area contributed by atoms with Crippen LogP contribution >= 0.6 is 0 Å². The maximum absolute atomic E-state index is 6.41. The van der Waals surface area contributed by atoms with Crippen LogP contribution in [0.1, 0.15) is 22.3 Å². The number of hydrogen-bond acceptors (Lipinski definition) is 4. The molecule has 0 bridgehead atoms. The molecule has 10 aromatic carbocycles. The number of fused-ring (bicyclic) bond motifs is 19. The summed E-state index contributed by atoms with van der Waals surface area (Å²) in [5, 5.41) is 9.29. The molecule has 0 aliphatic heterocycles. The molecular formula is C58H33N3O. The average Bonchev–Trinajstić information content (AvgIpc) is 3.98. The van der Waals surface area contributed by atoms with Crippen LogP contribution < -0.4 is 0 Å². The van der Waals surface area contributed by atoms with E-state index < -0.39 is 5.41 Å². The summed E-state index contributed by atoms with van der Waals surface area (Å²) in [6.45, 7) is 0. The number of benzene rings is 10. The summed E-state index contributed by atoms with van der Waals surface area (Å²) in [5.41, 5.74) is 14.0. The lowest BCUT2D eigenvalue weighted by Gasteiger charge is -2.30. The van der Waals surface area contributed by atoms with Crippen molar-refractivity contribution in [2.45, 2.75) is 5.41 Å². The zero-order valence-corrected chi connectivity index (χ0v) is 33.3. The number of nitrogens with zero attached hydrogens (tertiary/aromatic N) is 3. The van der Waals surface area contributed by atoms with Crippen molar-refractivity contribution < 1.29 is 4.42 Å².